The van der Waals surface area contributed by atoms with Gasteiger partial charge < -0.3 is 10.1 Å². The Morgan fingerprint density at radius 3 is 2.83 bits per heavy atom. The maximum absolute atomic E-state index is 12.7. The Hall–Kier alpha value is -3.54. The van der Waals surface area contributed by atoms with Crippen molar-refractivity contribution in [2.45, 2.75) is 39.2 Å². The van der Waals surface area contributed by atoms with Crippen LogP contribution >= 0.6 is 0 Å². The Morgan fingerprint density at radius 1 is 1.47 bits per heavy atom. The number of carbonyl (C=O) groups excluding carboxylic acids is 2. The van der Waals surface area contributed by atoms with Crippen molar-refractivity contribution in [2.24, 2.45) is 11.8 Å². The molecule has 2 rings (SSSR count). The van der Waals surface area contributed by atoms with Crippen LogP contribution in [0.1, 0.15) is 43.6 Å². The molecular weight excluding hydrogens is 388 g/mol. The van der Waals surface area contributed by atoms with Gasteiger partial charge in [-0.2, -0.15) is 5.26 Å². The van der Waals surface area contributed by atoms with Gasteiger partial charge >= 0.3 is 5.97 Å². The van der Waals surface area contributed by atoms with Gasteiger partial charge in [-0.1, -0.05) is 19.1 Å². The minimum absolute atomic E-state index is 0.0182. The average molecular weight is 412 g/mol. The molecule has 0 aliphatic heterocycles. The molecule has 3 unspecified atom stereocenters. The summed E-state index contributed by atoms with van der Waals surface area (Å²) in [5, 5.41) is 22.6. The molecule has 0 saturated heterocycles. The van der Waals surface area contributed by atoms with Crippen molar-refractivity contribution >= 4 is 11.9 Å². The number of allylic oxidation sites excluding steroid dienone is 2. The summed E-state index contributed by atoms with van der Waals surface area (Å²) < 4.78 is 5.05. The number of nitrogens with zero attached hydrogens (tertiary/aromatic N) is 3. The molecule has 30 heavy (non-hydrogen) atoms. The van der Waals surface area contributed by atoms with Crippen molar-refractivity contribution in [1.29, 1.82) is 5.26 Å². The maximum Gasteiger partial charge on any atom is 0.306 e. The van der Waals surface area contributed by atoms with E-state index in [4.69, 9.17) is 10.00 Å². The van der Waals surface area contributed by atoms with Crippen molar-refractivity contribution in [1.82, 2.24) is 10.3 Å². The van der Waals surface area contributed by atoms with Gasteiger partial charge in [0, 0.05) is 29.8 Å². The number of ether oxygens (including phenoxy) is 1. The maximum atomic E-state index is 12.7. The van der Waals surface area contributed by atoms with Gasteiger partial charge in [0.15, 0.2) is 0 Å². The van der Waals surface area contributed by atoms with Gasteiger partial charge in [0.2, 0.25) is 0 Å². The molecule has 9 nitrogen and oxygen atoms in total. The van der Waals surface area contributed by atoms with Crippen molar-refractivity contribution in [3.8, 4) is 6.07 Å². The zero-order chi connectivity index (χ0) is 22.1. The smallest absolute Gasteiger partial charge is 0.306 e. The van der Waals surface area contributed by atoms with Gasteiger partial charge in [0.25, 0.3) is 11.6 Å². The molecule has 9 heteroatoms. The highest BCUT2D eigenvalue weighted by atomic mass is 16.6. The van der Waals surface area contributed by atoms with Crippen molar-refractivity contribution in [2.75, 3.05) is 6.61 Å². The number of esters is 1. The first-order valence-corrected chi connectivity index (χ1v) is 9.60. The third-order valence-electron chi connectivity index (χ3n) is 4.91. The Morgan fingerprint density at radius 2 is 2.23 bits per heavy atom. The van der Waals surface area contributed by atoms with E-state index in [1.807, 2.05) is 13.0 Å². The molecule has 1 heterocycles. The van der Waals surface area contributed by atoms with E-state index >= 15 is 0 Å². The van der Waals surface area contributed by atoms with Crippen LogP contribution in [0.25, 0.3) is 0 Å². The number of rotatable bonds is 9. The van der Waals surface area contributed by atoms with Crippen LogP contribution in [0.3, 0.4) is 0 Å². The van der Waals surface area contributed by atoms with Crippen LogP contribution in [-0.2, 0) is 9.53 Å². The van der Waals surface area contributed by atoms with Crippen molar-refractivity contribution in [3.05, 3.63) is 63.6 Å². The highest BCUT2D eigenvalue weighted by molar-refractivity contribution is 5.92. The summed E-state index contributed by atoms with van der Waals surface area (Å²) in [7, 11) is 0. The Labute approximate surface area is 174 Å². The third kappa shape index (κ3) is 6.24. The number of carbonyl (C=O) groups is 2. The molecular formula is C21H24N4O5. The Balaban J connectivity index is 2.17. The van der Waals surface area contributed by atoms with Gasteiger partial charge in [-0.25, -0.2) is 0 Å². The number of nitriles is 1. The predicted molar refractivity (Wildman–Crippen MR) is 107 cm³/mol. The van der Waals surface area contributed by atoms with Crippen LogP contribution in [0, 0.1) is 33.3 Å². The third-order valence-corrected chi connectivity index (χ3v) is 4.91. The highest BCUT2D eigenvalue weighted by Gasteiger charge is 2.32. The molecule has 0 bridgehead atoms. The van der Waals surface area contributed by atoms with Gasteiger partial charge in [-0.3, -0.25) is 24.7 Å². The number of nitro groups is 1. The lowest BCUT2D eigenvalue weighted by molar-refractivity contribution is -0.420. The molecule has 3 atom stereocenters. The molecule has 1 aliphatic rings. The van der Waals surface area contributed by atoms with Crippen LogP contribution in [0.4, 0.5) is 0 Å². The molecule has 1 N–H and O–H groups in total. The molecule has 0 spiro atoms. The second-order valence-corrected chi connectivity index (χ2v) is 7.17. The highest BCUT2D eigenvalue weighted by Crippen LogP contribution is 2.30. The monoisotopic (exact) mass is 412 g/mol. The normalized spacial score (nSPS) is 17.6. The molecule has 1 aromatic rings. The number of amides is 1. The van der Waals surface area contributed by atoms with E-state index in [2.05, 4.69) is 10.3 Å². The van der Waals surface area contributed by atoms with Gasteiger partial charge in [-0.05, 0) is 31.4 Å². The quantitative estimate of drug-likeness (QED) is 0.285. The van der Waals surface area contributed by atoms with Crippen LogP contribution in [0.5, 0.6) is 0 Å². The zero-order valence-electron chi connectivity index (χ0n) is 16.9. The summed E-state index contributed by atoms with van der Waals surface area (Å²) in [5.74, 6) is -1.40. The number of hydrogen-bond donors (Lipinski definition) is 1. The molecule has 0 fully saturated rings. The van der Waals surface area contributed by atoms with Crippen LogP contribution in [0.15, 0.2) is 47.8 Å². The van der Waals surface area contributed by atoms with Crippen LogP contribution < -0.4 is 5.32 Å². The fourth-order valence-electron chi connectivity index (χ4n) is 3.40. The SMILES string of the molecule is CC1=C([N+](=O)[O-])C=CC(C(NC(=O)c2ccccn2)C(C)CC(=O)OCCC#N)C1. The summed E-state index contributed by atoms with van der Waals surface area (Å²) in [6.45, 7) is 3.52. The lowest BCUT2D eigenvalue weighted by Gasteiger charge is -2.32. The van der Waals surface area contributed by atoms with Crippen LogP contribution in [-0.4, -0.2) is 34.4 Å². The van der Waals surface area contributed by atoms with Gasteiger partial charge in [0.1, 0.15) is 12.3 Å². The van der Waals surface area contributed by atoms with E-state index in [0.717, 1.165) is 0 Å². The standard InChI is InChI=1S/C21H24N4O5/c1-14-12-16(7-8-18(14)25(28)29)20(15(2)13-19(26)30-11-5-9-22)24-21(27)17-6-3-4-10-23-17/h3-4,6-8,10,15-16,20H,5,11-13H2,1-2H3,(H,24,27). The van der Waals surface area contributed by atoms with Crippen molar-refractivity contribution in [3.63, 3.8) is 0 Å². The summed E-state index contributed by atoms with van der Waals surface area (Å²) in [4.78, 5) is 39.5. The summed E-state index contributed by atoms with van der Waals surface area (Å²) in [6.07, 6.45) is 5.19. The first-order valence-electron chi connectivity index (χ1n) is 9.60. The summed E-state index contributed by atoms with van der Waals surface area (Å²) in [6, 6.07) is 6.41. The summed E-state index contributed by atoms with van der Waals surface area (Å²) >= 11 is 0. The second kappa shape index (κ2) is 10.9. The molecule has 0 aromatic carbocycles. The first kappa shape index (κ1) is 22.7. The number of aromatic nitrogens is 1. The fraction of sp³-hybridized carbons (Fsp3) is 0.429. The van der Waals surface area contributed by atoms with E-state index in [9.17, 15) is 19.7 Å². The molecule has 158 valence electrons. The molecule has 1 aromatic heterocycles. The van der Waals surface area contributed by atoms with E-state index < -0.39 is 16.9 Å². The largest absolute Gasteiger partial charge is 0.465 e. The number of hydrogen-bond acceptors (Lipinski definition) is 7. The topological polar surface area (TPSA) is 135 Å². The molecule has 0 saturated carbocycles. The van der Waals surface area contributed by atoms with Crippen molar-refractivity contribution < 1.29 is 19.2 Å². The molecule has 1 amide bonds. The van der Waals surface area contributed by atoms with Crippen LogP contribution in [0.2, 0.25) is 0 Å². The van der Waals surface area contributed by atoms with Gasteiger partial charge in [0.05, 0.1) is 23.8 Å². The zero-order valence-corrected chi connectivity index (χ0v) is 16.9. The first-order chi connectivity index (χ1) is 14.3. The fourth-order valence-corrected chi connectivity index (χ4v) is 3.40. The Bertz CT molecular complexity index is 888. The lowest BCUT2D eigenvalue weighted by atomic mass is 9.80. The summed E-state index contributed by atoms with van der Waals surface area (Å²) in [5.41, 5.74) is 0.891. The van der Waals surface area contributed by atoms with Gasteiger partial charge in [-0.15, -0.1) is 0 Å². The number of nitrogens with one attached hydrogen (secondary N) is 1. The predicted octanol–water partition coefficient (Wildman–Crippen LogP) is 2.79. The second-order valence-electron chi connectivity index (χ2n) is 7.17. The van der Waals surface area contributed by atoms with E-state index in [-0.39, 0.29) is 48.6 Å². The van der Waals surface area contributed by atoms with E-state index in [1.54, 1.807) is 31.2 Å². The lowest BCUT2D eigenvalue weighted by Crippen LogP contribution is -2.45. The Kier molecular flexibility index (Phi) is 8.23. The number of pyridine rings is 1. The van der Waals surface area contributed by atoms with E-state index in [0.29, 0.717) is 12.0 Å². The minimum atomic E-state index is -0.470. The average Bonchev–Trinajstić information content (AvgIpc) is 2.72. The molecule has 1 aliphatic carbocycles. The minimum Gasteiger partial charge on any atom is -0.465 e. The molecule has 0 radical (unpaired) electrons. The van der Waals surface area contributed by atoms with E-state index in [1.165, 1.54) is 12.3 Å².